The SMILES string of the molecule is CC(=O)NC[C@H]1CC[C@@H](CC(=O)NCCCc2nc3ccc(C)cc3[nH]2)N1C. The number of likely N-dealkylation sites (tertiary alicyclic amines) is 1. The fourth-order valence-electron chi connectivity index (χ4n) is 3.91. The van der Waals surface area contributed by atoms with Crippen LogP contribution in [-0.2, 0) is 16.0 Å². The summed E-state index contributed by atoms with van der Waals surface area (Å²) in [5, 5.41) is 5.90. The molecule has 1 saturated heterocycles. The average molecular weight is 386 g/mol. The Labute approximate surface area is 166 Å². The Morgan fingerprint density at radius 3 is 2.82 bits per heavy atom. The number of fused-ring (bicyclic) bond motifs is 1. The van der Waals surface area contributed by atoms with Crippen LogP contribution in [0.4, 0.5) is 0 Å². The summed E-state index contributed by atoms with van der Waals surface area (Å²) in [5.41, 5.74) is 3.27. The number of H-pyrrole nitrogens is 1. The number of hydrogen-bond donors (Lipinski definition) is 3. The number of nitrogens with one attached hydrogen (secondary N) is 3. The minimum Gasteiger partial charge on any atom is -0.356 e. The first-order valence-electron chi connectivity index (χ1n) is 10.1. The van der Waals surface area contributed by atoms with E-state index in [0.717, 1.165) is 42.5 Å². The van der Waals surface area contributed by atoms with Crippen LogP contribution in [0.15, 0.2) is 18.2 Å². The molecule has 0 aliphatic carbocycles. The molecule has 1 aliphatic rings. The third-order valence-electron chi connectivity index (χ3n) is 5.59. The molecular weight excluding hydrogens is 354 g/mol. The van der Waals surface area contributed by atoms with Crippen LogP contribution in [0.5, 0.6) is 0 Å². The van der Waals surface area contributed by atoms with Gasteiger partial charge in [0.2, 0.25) is 11.8 Å². The van der Waals surface area contributed by atoms with E-state index in [0.29, 0.717) is 25.6 Å². The number of carbonyl (C=O) groups is 2. The van der Waals surface area contributed by atoms with Crippen LogP contribution >= 0.6 is 0 Å². The van der Waals surface area contributed by atoms with Gasteiger partial charge in [0, 0.05) is 44.9 Å². The molecule has 2 amide bonds. The number of likely N-dealkylation sites (N-methyl/N-ethyl adjacent to an activating group) is 1. The van der Waals surface area contributed by atoms with Gasteiger partial charge in [-0.25, -0.2) is 4.98 Å². The molecular formula is C21H31N5O2. The van der Waals surface area contributed by atoms with E-state index >= 15 is 0 Å². The molecule has 1 aromatic carbocycles. The van der Waals surface area contributed by atoms with Crippen LogP contribution in [0.25, 0.3) is 11.0 Å². The van der Waals surface area contributed by atoms with Gasteiger partial charge < -0.3 is 15.6 Å². The van der Waals surface area contributed by atoms with Crippen molar-refractivity contribution in [3.8, 4) is 0 Å². The summed E-state index contributed by atoms with van der Waals surface area (Å²) in [6.07, 6.45) is 4.19. The Morgan fingerprint density at radius 1 is 1.25 bits per heavy atom. The molecule has 0 unspecified atom stereocenters. The first kappa shape index (κ1) is 20.3. The molecule has 1 fully saturated rings. The Morgan fingerprint density at radius 2 is 2.04 bits per heavy atom. The topological polar surface area (TPSA) is 90.1 Å². The highest BCUT2D eigenvalue weighted by Gasteiger charge is 2.31. The lowest BCUT2D eigenvalue weighted by Crippen LogP contribution is -2.42. The maximum atomic E-state index is 12.3. The van der Waals surface area contributed by atoms with Gasteiger partial charge >= 0.3 is 0 Å². The van der Waals surface area contributed by atoms with Crippen molar-refractivity contribution >= 4 is 22.8 Å². The Balaban J connectivity index is 1.37. The first-order valence-corrected chi connectivity index (χ1v) is 10.1. The lowest BCUT2D eigenvalue weighted by atomic mass is 10.1. The summed E-state index contributed by atoms with van der Waals surface area (Å²) >= 11 is 0. The minimum absolute atomic E-state index is 0.00539. The van der Waals surface area contributed by atoms with Gasteiger partial charge in [-0.05, 0) is 50.9 Å². The van der Waals surface area contributed by atoms with Crippen molar-refractivity contribution in [1.82, 2.24) is 25.5 Å². The van der Waals surface area contributed by atoms with E-state index in [1.165, 1.54) is 12.5 Å². The number of aromatic amines is 1. The first-order chi connectivity index (χ1) is 13.4. The quantitative estimate of drug-likeness (QED) is 0.606. The molecule has 1 aliphatic heterocycles. The van der Waals surface area contributed by atoms with E-state index in [1.807, 2.05) is 13.1 Å². The van der Waals surface area contributed by atoms with Gasteiger partial charge in [-0.3, -0.25) is 14.5 Å². The van der Waals surface area contributed by atoms with E-state index in [1.54, 1.807) is 0 Å². The van der Waals surface area contributed by atoms with Gasteiger partial charge in [-0.2, -0.15) is 0 Å². The summed E-state index contributed by atoms with van der Waals surface area (Å²) in [4.78, 5) is 33.5. The van der Waals surface area contributed by atoms with E-state index in [2.05, 4.69) is 44.6 Å². The third kappa shape index (κ3) is 5.32. The molecule has 2 atom stereocenters. The molecule has 28 heavy (non-hydrogen) atoms. The highest BCUT2D eigenvalue weighted by molar-refractivity contribution is 5.77. The van der Waals surface area contributed by atoms with Gasteiger partial charge in [0.25, 0.3) is 0 Å². The molecule has 3 rings (SSSR count). The molecule has 0 radical (unpaired) electrons. The van der Waals surface area contributed by atoms with Crippen LogP contribution in [0.2, 0.25) is 0 Å². The fraction of sp³-hybridized carbons (Fsp3) is 0.571. The second kappa shape index (κ2) is 9.19. The maximum absolute atomic E-state index is 12.3. The largest absolute Gasteiger partial charge is 0.356 e. The van der Waals surface area contributed by atoms with Crippen LogP contribution < -0.4 is 10.6 Å². The lowest BCUT2D eigenvalue weighted by Gasteiger charge is -2.25. The molecule has 7 nitrogen and oxygen atoms in total. The van der Waals surface area contributed by atoms with Crippen molar-refractivity contribution in [3.63, 3.8) is 0 Å². The molecule has 0 spiro atoms. The average Bonchev–Trinajstić information content (AvgIpc) is 3.20. The monoisotopic (exact) mass is 385 g/mol. The smallest absolute Gasteiger partial charge is 0.221 e. The Bertz CT molecular complexity index is 831. The molecule has 0 bridgehead atoms. The Kier molecular flexibility index (Phi) is 6.67. The molecule has 2 aromatic rings. The van der Waals surface area contributed by atoms with E-state index < -0.39 is 0 Å². The summed E-state index contributed by atoms with van der Waals surface area (Å²) in [5.74, 6) is 1.05. The zero-order valence-electron chi connectivity index (χ0n) is 17.0. The van der Waals surface area contributed by atoms with E-state index in [4.69, 9.17) is 0 Å². The summed E-state index contributed by atoms with van der Waals surface area (Å²) in [6.45, 7) is 4.91. The Hall–Kier alpha value is -2.41. The molecule has 7 heteroatoms. The highest BCUT2D eigenvalue weighted by atomic mass is 16.2. The molecule has 0 saturated carbocycles. The van der Waals surface area contributed by atoms with Crippen molar-refractivity contribution in [2.24, 2.45) is 0 Å². The van der Waals surface area contributed by atoms with Crippen molar-refractivity contribution in [2.45, 2.75) is 58.0 Å². The van der Waals surface area contributed by atoms with Gasteiger partial charge in [-0.15, -0.1) is 0 Å². The number of amides is 2. The normalized spacial score (nSPS) is 19.8. The van der Waals surface area contributed by atoms with Crippen molar-refractivity contribution in [3.05, 3.63) is 29.6 Å². The fourth-order valence-corrected chi connectivity index (χ4v) is 3.91. The predicted molar refractivity (Wildman–Crippen MR) is 110 cm³/mol. The van der Waals surface area contributed by atoms with Gasteiger partial charge in [-0.1, -0.05) is 6.07 Å². The van der Waals surface area contributed by atoms with Crippen molar-refractivity contribution in [1.29, 1.82) is 0 Å². The van der Waals surface area contributed by atoms with Crippen LogP contribution in [-0.4, -0.2) is 58.9 Å². The number of aryl methyl sites for hydroxylation is 2. The van der Waals surface area contributed by atoms with Crippen LogP contribution in [0.1, 0.15) is 44.0 Å². The third-order valence-corrected chi connectivity index (χ3v) is 5.59. The zero-order valence-corrected chi connectivity index (χ0v) is 17.0. The second-order valence-electron chi connectivity index (χ2n) is 7.85. The number of imidazole rings is 1. The van der Waals surface area contributed by atoms with E-state index in [-0.39, 0.29) is 17.9 Å². The molecule has 3 N–H and O–H groups in total. The number of aromatic nitrogens is 2. The van der Waals surface area contributed by atoms with Gasteiger partial charge in [0.1, 0.15) is 5.82 Å². The van der Waals surface area contributed by atoms with Crippen molar-refractivity contribution in [2.75, 3.05) is 20.1 Å². The highest BCUT2D eigenvalue weighted by Crippen LogP contribution is 2.24. The summed E-state index contributed by atoms with van der Waals surface area (Å²) in [6, 6.07) is 6.76. The predicted octanol–water partition coefficient (Wildman–Crippen LogP) is 1.91. The van der Waals surface area contributed by atoms with Crippen LogP contribution in [0, 0.1) is 6.92 Å². The molecule has 2 heterocycles. The molecule has 152 valence electrons. The van der Waals surface area contributed by atoms with Gasteiger partial charge in [0.15, 0.2) is 0 Å². The maximum Gasteiger partial charge on any atom is 0.221 e. The lowest BCUT2D eigenvalue weighted by molar-refractivity contribution is -0.122. The van der Waals surface area contributed by atoms with E-state index in [9.17, 15) is 9.59 Å². The number of rotatable bonds is 8. The zero-order chi connectivity index (χ0) is 20.1. The number of hydrogen-bond acceptors (Lipinski definition) is 4. The van der Waals surface area contributed by atoms with Crippen LogP contribution in [0.3, 0.4) is 0 Å². The number of carbonyl (C=O) groups excluding carboxylic acids is 2. The number of benzene rings is 1. The van der Waals surface area contributed by atoms with Crippen molar-refractivity contribution < 1.29 is 9.59 Å². The standard InChI is InChI=1S/C21H31N5O2/c1-14-6-9-18-19(11-14)25-20(24-18)5-4-10-22-21(28)12-16-7-8-17(26(16)3)13-23-15(2)27/h6,9,11,16-17H,4-5,7-8,10,12-13H2,1-3H3,(H,22,28)(H,23,27)(H,24,25)/t16-,17+/m0/s1. The second-order valence-corrected chi connectivity index (χ2v) is 7.85. The summed E-state index contributed by atoms with van der Waals surface area (Å²) in [7, 11) is 2.04. The minimum atomic E-state index is -0.00539. The molecule has 1 aromatic heterocycles. The van der Waals surface area contributed by atoms with Gasteiger partial charge in [0.05, 0.1) is 11.0 Å². The summed E-state index contributed by atoms with van der Waals surface area (Å²) < 4.78 is 0. The number of nitrogens with zero attached hydrogens (tertiary/aromatic N) is 2.